The summed E-state index contributed by atoms with van der Waals surface area (Å²) >= 11 is 2.06. The lowest BCUT2D eigenvalue weighted by Gasteiger charge is -2.40. The summed E-state index contributed by atoms with van der Waals surface area (Å²) in [6.45, 7) is 6.20. The Hall–Kier alpha value is -1.85. The van der Waals surface area contributed by atoms with Crippen LogP contribution in [0.2, 0.25) is 0 Å². The molecule has 0 radical (unpaired) electrons. The summed E-state index contributed by atoms with van der Waals surface area (Å²) in [5, 5.41) is 0. The zero-order valence-corrected chi connectivity index (χ0v) is 16.8. The summed E-state index contributed by atoms with van der Waals surface area (Å²) in [7, 11) is 0. The van der Waals surface area contributed by atoms with Crippen LogP contribution in [0.1, 0.15) is 28.8 Å². The average Bonchev–Trinajstić information content (AvgIpc) is 2.74. The number of hydrogen-bond donors (Lipinski definition) is 0. The largest absolute Gasteiger partial charge is 0.339 e. The topological polar surface area (TPSA) is 36.4 Å². The number of aromatic nitrogens is 1. The number of piperidine rings is 1. The van der Waals surface area contributed by atoms with E-state index in [2.05, 4.69) is 34.6 Å². The van der Waals surface area contributed by atoms with Gasteiger partial charge in [-0.1, -0.05) is 12.1 Å². The molecule has 0 saturated carbocycles. The van der Waals surface area contributed by atoms with Gasteiger partial charge in [0.25, 0.3) is 5.91 Å². The summed E-state index contributed by atoms with van der Waals surface area (Å²) < 4.78 is 0. The van der Waals surface area contributed by atoms with E-state index in [4.69, 9.17) is 0 Å². The molecule has 3 heterocycles. The fraction of sp³-hybridized carbons (Fsp3) is 0.455. The number of hydrogen-bond acceptors (Lipinski definition) is 4. The lowest BCUT2D eigenvalue weighted by Crippen LogP contribution is -2.49. The first-order valence-electron chi connectivity index (χ1n) is 9.84. The molecule has 5 heteroatoms. The monoisotopic (exact) mass is 381 g/mol. The van der Waals surface area contributed by atoms with E-state index >= 15 is 0 Å². The Morgan fingerprint density at radius 3 is 2.63 bits per heavy atom. The molecule has 4 rings (SSSR count). The van der Waals surface area contributed by atoms with Crippen molar-refractivity contribution in [3.8, 4) is 11.1 Å². The maximum Gasteiger partial charge on any atom is 0.253 e. The molecule has 0 unspecified atom stereocenters. The lowest BCUT2D eigenvalue weighted by molar-refractivity contribution is 0.0631. The van der Waals surface area contributed by atoms with Gasteiger partial charge < -0.3 is 4.90 Å². The van der Waals surface area contributed by atoms with E-state index in [9.17, 15) is 4.79 Å². The van der Waals surface area contributed by atoms with Crippen molar-refractivity contribution in [1.29, 1.82) is 0 Å². The van der Waals surface area contributed by atoms with Gasteiger partial charge in [-0.25, -0.2) is 0 Å². The van der Waals surface area contributed by atoms with Crippen molar-refractivity contribution in [2.75, 3.05) is 37.7 Å². The summed E-state index contributed by atoms with van der Waals surface area (Å²) in [4.78, 5) is 21.9. The molecule has 2 aromatic rings. The van der Waals surface area contributed by atoms with E-state index in [0.717, 1.165) is 48.2 Å². The Labute approximate surface area is 166 Å². The number of nitrogens with zero attached hydrogens (tertiary/aromatic N) is 3. The van der Waals surface area contributed by atoms with Gasteiger partial charge in [0, 0.05) is 61.7 Å². The van der Waals surface area contributed by atoms with Crippen molar-refractivity contribution >= 4 is 17.7 Å². The van der Waals surface area contributed by atoms with Gasteiger partial charge in [0.2, 0.25) is 0 Å². The van der Waals surface area contributed by atoms with Crippen LogP contribution in [-0.4, -0.2) is 64.4 Å². The molecule has 0 atom stereocenters. The fourth-order valence-corrected chi connectivity index (χ4v) is 5.11. The van der Waals surface area contributed by atoms with Crippen LogP contribution in [0.25, 0.3) is 11.1 Å². The van der Waals surface area contributed by atoms with Gasteiger partial charge in [-0.3, -0.25) is 14.7 Å². The zero-order chi connectivity index (χ0) is 18.6. The van der Waals surface area contributed by atoms with Crippen molar-refractivity contribution in [1.82, 2.24) is 14.8 Å². The number of likely N-dealkylation sites (tertiary alicyclic amines) is 1. The van der Waals surface area contributed by atoms with Crippen molar-refractivity contribution in [2.24, 2.45) is 0 Å². The Kier molecular flexibility index (Phi) is 5.79. The van der Waals surface area contributed by atoms with Crippen LogP contribution in [0.4, 0.5) is 0 Å². The molecular formula is C22H27N3OS. The van der Waals surface area contributed by atoms with Crippen LogP contribution in [0.3, 0.4) is 0 Å². The van der Waals surface area contributed by atoms with Gasteiger partial charge in [0.15, 0.2) is 0 Å². The maximum absolute atomic E-state index is 13.0. The standard InChI is InChI=1S/C22H27N3OS/c1-17-16-23-8-5-21(17)18-3-2-4-19(15-18)22(26)25-9-6-20(7-10-25)24-11-13-27-14-12-24/h2-5,8,15-16,20H,6-7,9-14H2,1H3. The highest BCUT2D eigenvalue weighted by molar-refractivity contribution is 7.99. The molecule has 2 aliphatic heterocycles. The molecule has 2 aliphatic rings. The zero-order valence-electron chi connectivity index (χ0n) is 15.9. The molecule has 2 saturated heterocycles. The molecule has 0 bridgehead atoms. The lowest BCUT2D eigenvalue weighted by atomic mass is 9.99. The summed E-state index contributed by atoms with van der Waals surface area (Å²) in [5.41, 5.74) is 4.14. The quantitative estimate of drug-likeness (QED) is 0.812. The Morgan fingerprint density at radius 1 is 1.11 bits per heavy atom. The first-order chi connectivity index (χ1) is 13.2. The third-order valence-corrected chi connectivity index (χ3v) is 6.70. The molecular weight excluding hydrogens is 354 g/mol. The maximum atomic E-state index is 13.0. The van der Waals surface area contributed by atoms with E-state index < -0.39 is 0 Å². The molecule has 142 valence electrons. The predicted molar refractivity (Wildman–Crippen MR) is 112 cm³/mol. The minimum absolute atomic E-state index is 0.163. The van der Waals surface area contributed by atoms with Crippen LogP contribution in [-0.2, 0) is 0 Å². The molecule has 0 aliphatic carbocycles. The molecule has 1 amide bonds. The molecule has 4 nitrogen and oxygen atoms in total. The highest BCUT2D eigenvalue weighted by atomic mass is 32.2. The first kappa shape index (κ1) is 18.5. The SMILES string of the molecule is Cc1cnccc1-c1cccc(C(=O)N2CCC(N3CCSCC3)CC2)c1. The normalized spacial score (nSPS) is 19.2. The average molecular weight is 382 g/mol. The van der Waals surface area contributed by atoms with Crippen LogP contribution in [0.15, 0.2) is 42.7 Å². The summed E-state index contributed by atoms with van der Waals surface area (Å²) in [6, 6.07) is 10.7. The van der Waals surface area contributed by atoms with Gasteiger partial charge in [-0.05, 0) is 54.7 Å². The molecule has 0 N–H and O–H groups in total. The minimum atomic E-state index is 0.163. The Morgan fingerprint density at radius 2 is 1.89 bits per heavy atom. The number of thioether (sulfide) groups is 1. The molecule has 1 aromatic heterocycles. The Bertz CT molecular complexity index is 796. The van der Waals surface area contributed by atoms with Crippen LogP contribution in [0, 0.1) is 6.92 Å². The third-order valence-electron chi connectivity index (χ3n) is 5.75. The fourth-order valence-electron chi connectivity index (χ4n) is 4.18. The number of pyridine rings is 1. The highest BCUT2D eigenvalue weighted by Crippen LogP contribution is 2.25. The van der Waals surface area contributed by atoms with Crippen molar-refractivity contribution in [3.63, 3.8) is 0 Å². The second-order valence-electron chi connectivity index (χ2n) is 7.44. The van der Waals surface area contributed by atoms with Crippen LogP contribution >= 0.6 is 11.8 Å². The predicted octanol–water partition coefficient (Wildman–Crippen LogP) is 3.71. The van der Waals surface area contributed by atoms with Gasteiger partial charge in [0.1, 0.15) is 0 Å². The highest BCUT2D eigenvalue weighted by Gasteiger charge is 2.28. The second kappa shape index (κ2) is 8.44. The van der Waals surface area contributed by atoms with E-state index in [0.29, 0.717) is 6.04 Å². The number of amides is 1. The van der Waals surface area contributed by atoms with E-state index in [1.165, 1.54) is 24.6 Å². The minimum Gasteiger partial charge on any atom is -0.339 e. The van der Waals surface area contributed by atoms with Crippen molar-refractivity contribution < 1.29 is 4.79 Å². The van der Waals surface area contributed by atoms with Gasteiger partial charge in [0.05, 0.1) is 0 Å². The first-order valence-corrected chi connectivity index (χ1v) is 11.0. The van der Waals surface area contributed by atoms with E-state index in [1.54, 1.807) is 6.20 Å². The van der Waals surface area contributed by atoms with E-state index in [-0.39, 0.29) is 5.91 Å². The molecule has 1 aromatic carbocycles. The van der Waals surface area contributed by atoms with Crippen molar-refractivity contribution in [2.45, 2.75) is 25.8 Å². The summed E-state index contributed by atoms with van der Waals surface area (Å²) in [6.07, 6.45) is 5.87. The third kappa shape index (κ3) is 4.19. The number of carbonyl (C=O) groups is 1. The molecule has 27 heavy (non-hydrogen) atoms. The number of benzene rings is 1. The van der Waals surface area contributed by atoms with Gasteiger partial charge in [-0.15, -0.1) is 0 Å². The van der Waals surface area contributed by atoms with Gasteiger partial charge >= 0.3 is 0 Å². The molecule has 0 spiro atoms. The van der Waals surface area contributed by atoms with Crippen LogP contribution < -0.4 is 0 Å². The molecule has 2 fully saturated rings. The van der Waals surface area contributed by atoms with Crippen molar-refractivity contribution in [3.05, 3.63) is 53.9 Å². The Balaban J connectivity index is 1.43. The van der Waals surface area contributed by atoms with Crippen LogP contribution in [0.5, 0.6) is 0 Å². The second-order valence-corrected chi connectivity index (χ2v) is 8.67. The van der Waals surface area contributed by atoms with E-state index in [1.807, 2.05) is 35.4 Å². The number of rotatable bonds is 3. The number of aryl methyl sites for hydroxylation is 1. The smallest absolute Gasteiger partial charge is 0.253 e. The van der Waals surface area contributed by atoms with Gasteiger partial charge in [-0.2, -0.15) is 11.8 Å². The number of carbonyl (C=O) groups excluding carboxylic acids is 1. The summed E-state index contributed by atoms with van der Waals surface area (Å²) in [5.74, 6) is 2.66.